The van der Waals surface area contributed by atoms with Crippen molar-refractivity contribution >= 4 is 5.91 Å². The topological polar surface area (TPSA) is 73.0 Å². The maximum absolute atomic E-state index is 12.2. The van der Waals surface area contributed by atoms with E-state index in [0.29, 0.717) is 18.2 Å². The fraction of sp³-hybridized carbons (Fsp3) is 0.500. The Morgan fingerprint density at radius 3 is 2.85 bits per heavy atom. The molecule has 0 atom stereocenters. The molecule has 1 N–H and O–H groups in total. The van der Waals surface area contributed by atoms with Crippen molar-refractivity contribution in [2.75, 3.05) is 0 Å². The fourth-order valence-corrected chi connectivity index (χ4v) is 2.39. The Morgan fingerprint density at radius 1 is 1.50 bits per heavy atom. The summed E-state index contributed by atoms with van der Waals surface area (Å²) < 4.78 is 7.06. The second-order valence-electron chi connectivity index (χ2n) is 5.30. The third-order valence-electron chi connectivity index (χ3n) is 3.85. The van der Waals surface area contributed by atoms with E-state index in [4.69, 9.17) is 4.42 Å². The minimum atomic E-state index is -0.202. The predicted octanol–water partition coefficient (Wildman–Crippen LogP) is 1.83. The molecule has 1 aliphatic carbocycles. The van der Waals surface area contributed by atoms with Gasteiger partial charge in [0.15, 0.2) is 6.39 Å². The van der Waals surface area contributed by atoms with Crippen LogP contribution in [0.1, 0.15) is 52.0 Å². The van der Waals surface area contributed by atoms with Crippen LogP contribution in [0.25, 0.3) is 0 Å². The lowest BCUT2D eigenvalue weighted by Crippen LogP contribution is -2.24. The van der Waals surface area contributed by atoms with Crippen LogP contribution in [0.4, 0.5) is 0 Å². The van der Waals surface area contributed by atoms with Gasteiger partial charge in [-0.3, -0.25) is 9.48 Å². The molecule has 0 unspecified atom stereocenters. The third-order valence-corrected chi connectivity index (χ3v) is 3.85. The Balaban J connectivity index is 1.71. The number of carbonyl (C=O) groups excluding carboxylic acids is 1. The molecule has 2 aromatic rings. The van der Waals surface area contributed by atoms with Crippen LogP contribution in [0, 0.1) is 13.8 Å². The summed E-state index contributed by atoms with van der Waals surface area (Å²) in [7, 11) is 1.90. The van der Waals surface area contributed by atoms with Crippen molar-refractivity contribution in [1.82, 2.24) is 20.1 Å². The maximum Gasteiger partial charge on any atom is 0.289 e. The first-order valence-corrected chi connectivity index (χ1v) is 6.78. The Labute approximate surface area is 117 Å². The highest BCUT2D eigenvalue weighted by atomic mass is 16.3. The summed E-state index contributed by atoms with van der Waals surface area (Å²) in [6.45, 7) is 4.39. The minimum absolute atomic E-state index is 0.202. The zero-order chi connectivity index (χ0) is 14.3. The van der Waals surface area contributed by atoms with Crippen molar-refractivity contribution in [2.24, 2.45) is 7.05 Å². The summed E-state index contributed by atoms with van der Waals surface area (Å²) in [6.07, 6.45) is 3.53. The quantitative estimate of drug-likeness (QED) is 0.923. The standard InChI is InChI=1S/C14H18N4O2/c1-8-11(9(2)18(3)17-8)6-15-14(19)13-12(10-4-5-10)16-7-20-13/h7,10H,4-6H2,1-3H3,(H,15,19). The molecule has 1 saturated carbocycles. The van der Waals surface area contributed by atoms with Gasteiger partial charge in [0.1, 0.15) is 0 Å². The number of hydrogen-bond acceptors (Lipinski definition) is 4. The van der Waals surface area contributed by atoms with Gasteiger partial charge in [0, 0.05) is 30.8 Å². The summed E-state index contributed by atoms with van der Waals surface area (Å²) in [5.41, 5.74) is 3.84. The van der Waals surface area contributed by atoms with Crippen molar-refractivity contribution in [3.63, 3.8) is 0 Å². The Bertz CT molecular complexity index is 652. The number of rotatable bonds is 4. The molecular weight excluding hydrogens is 256 g/mol. The molecule has 106 valence electrons. The normalized spacial score (nSPS) is 14.6. The fourth-order valence-electron chi connectivity index (χ4n) is 2.39. The number of amides is 1. The highest BCUT2D eigenvalue weighted by molar-refractivity contribution is 5.92. The number of nitrogens with zero attached hydrogens (tertiary/aromatic N) is 3. The van der Waals surface area contributed by atoms with Crippen LogP contribution in [0.15, 0.2) is 10.8 Å². The third kappa shape index (κ3) is 2.21. The zero-order valence-corrected chi connectivity index (χ0v) is 11.9. The molecule has 0 aromatic carbocycles. The van der Waals surface area contributed by atoms with Crippen molar-refractivity contribution in [2.45, 2.75) is 39.2 Å². The smallest absolute Gasteiger partial charge is 0.289 e. The van der Waals surface area contributed by atoms with Crippen LogP contribution >= 0.6 is 0 Å². The Kier molecular flexibility index (Phi) is 3.08. The average molecular weight is 274 g/mol. The van der Waals surface area contributed by atoms with Crippen LogP contribution in [0.3, 0.4) is 0 Å². The lowest BCUT2D eigenvalue weighted by molar-refractivity contribution is 0.0921. The van der Waals surface area contributed by atoms with E-state index in [1.54, 1.807) is 0 Å². The lowest BCUT2D eigenvalue weighted by atomic mass is 10.2. The molecule has 20 heavy (non-hydrogen) atoms. The first kappa shape index (κ1) is 12.9. The van der Waals surface area contributed by atoms with Gasteiger partial charge in [-0.2, -0.15) is 5.10 Å². The highest BCUT2D eigenvalue weighted by Crippen LogP contribution is 2.40. The molecule has 6 heteroatoms. The molecule has 2 heterocycles. The van der Waals surface area contributed by atoms with E-state index in [9.17, 15) is 4.79 Å². The largest absolute Gasteiger partial charge is 0.438 e. The number of aryl methyl sites for hydroxylation is 2. The van der Waals surface area contributed by atoms with Crippen LogP contribution in [0.5, 0.6) is 0 Å². The van der Waals surface area contributed by atoms with Gasteiger partial charge < -0.3 is 9.73 Å². The average Bonchev–Trinajstić information content (AvgIpc) is 3.09. The van der Waals surface area contributed by atoms with E-state index >= 15 is 0 Å². The lowest BCUT2D eigenvalue weighted by Gasteiger charge is -2.05. The van der Waals surface area contributed by atoms with Gasteiger partial charge in [-0.15, -0.1) is 0 Å². The van der Waals surface area contributed by atoms with Gasteiger partial charge in [0.2, 0.25) is 5.76 Å². The monoisotopic (exact) mass is 274 g/mol. The van der Waals surface area contributed by atoms with E-state index in [1.807, 2.05) is 25.6 Å². The van der Waals surface area contributed by atoms with Crippen LogP contribution in [-0.4, -0.2) is 20.7 Å². The predicted molar refractivity (Wildman–Crippen MR) is 72.3 cm³/mol. The van der Waals surface area contributed by atoms with Gasteiger partial charge in [0.05, 0.1) is 11.4 Å². The molecule has 0 spiro atoms. The molecule has 6 nitrogen and oxygen atoms in total. The highest BCUT2D eigenvalue weighted by Gasteiger charge is 2.32. The molecule has 0 saturated heterocycles. The molecule has 2 aromatic heterocycles. The summed E-state index contributed by atoms with van der Waals surface area (Å²) in [5.74, 6) is 0.551. The molecule has 3 rings (SSSR count). The van der Waals surface area contributed by atoms with Crippen molar-refractivity contribution < 1.29 is 9.21 Å². The number of oxazole rings is 1. The molecule has 0 aliphatic heterocycles. The second kappa shape index (κ2) is 4.77. The maximum atomic E-state index is 12.2. The van der Waals surface area contributed by atoms with E-state index < -0.39 is 0 Å². The second-order valence-corrected chi connectivity index (χ2v) is 5.30. The van der Waals surface area contributed by atoms with Crippen molar-refractivity contribution in [3.8, 4) is 0 Å². The molecule has 0 bridgehead atoms. The van der Waals surface area contributed by atoms with Crippen molar-refractivity contribution in [3.05, 3.63) is 34.8 Å². The molecule has 0 radical (unpaired) electrons. The van der Waals surface area contributed by atoms with Gasteiger partial charge in [-0.05, 0) is 26.7 Å². The SMILES string of the molecule is Cc1nn(C)c(C)c1CNC(=O)c1ocnc1C1CC1. The van der Waals surface area contributed by atoms with Crippen molar-refractivity contribution in [1.29, 1.82) is 0 Å². The van der Waals surface area contributed by atoms with E-state index in [1.165, 1.54) is 6.39 Å². The van der Waals surface area contributed by atoms with E-state index in [-0.39, 0.29) is 5.91 Å². The van der Waals surface area contributed by atoms with Gasteiger partial charge in [-0.1, -0.05) is 0 Å². The molecule has 1 amide bonds. The van der Waals surface area contributed by atoms with E-state index in [2.05, 4.69) is 15.4 Å². The number of hydrogen-bond donors (Lipinski definition) is 1. The Hall–Kier alpha value is -2.11. The number of nitrogens with one attached hydrogen (secondary N) is 1. The first-order chi connectivity index (χ1) is 9.58. The van der Waals surface area contributed by atoms with Crippen LogP contribution in [-0.2, 0) is 13.6 Å². The minimum Gasteiger partial charge on any atom is -0.438 e. The van der Waals surface area contributed by atoms with Crippen LogP contribution in [0.2, 0.25) is 0 Å². The Morgan fingerprint density at radius 2 is 2.25 bits per heavy atom. The summed E-state index contributed by atoms with van der Waals surface area (Å²) in [4.78, 5) is 16.3. The zero-order valence-electron chi connectivity index (χ0n) is 11.9. The van der Waals surface area contributed by atoms with E-state index in [0.717, 1.165) is 35.5 Å². The summed E-state index contributed by atoms with van der Waals surface area (Å²) in [6, 6.07) is 0. The number of carbonyl (C=O) groups is 1. The van der Waals surface area contributed by atoms with Gasteiger partial charge >= 0.3 is 0 Å². The molecule has 1 aliphatic rings. The summed E-state index contributed by atoms with van der Waals surface area (Å²) in [5, 5.41) is 7.23. The van der Waals surface area contributed by atoms with Gasteiger partial charge in [0.25, 0.3) is 5.91 Å². The summed E-state index contributed by atoms with van der Waals surface area (Å²) >= 11 is 0. The van der Waals surface area contributed by atoms with Gasteiger partial charge in [-0.25, -0.2) is 4.98 Å². The first-order valence-electron chi connectivity index (χ1n) is 6.78. The number of aromatic nitrogens is 3. The molecular formula is C14H18N4O2. The van der Waals surface area contributed by atoms with Crippen LogP contribution < -0.4 is 5.32 Å². The molecule has 1 fully saturated rings.